The van der Waals surface area contributed by atoms with Gasteiger partial charge in [0.2, 0.25) is 0 Å². The van der Waals surface area contributed by atoms with Gasteiger partial charge in [-0.2, -0.15) is 0 Å². The van der Waals surface area contributed by atoms with Crippen molar-refractivity contribution in [3.63, 3.8) is 0 Å². The molecule has 0 spiro atoms. The number of nitrogens with two attached hydrogens (primary N) is 1. The van der Waals surface area contributed by atoms with Crippen LogP contribution in [0.15, 0.2) is 24.3 Å². The molecule has 0 fully saturated rings. The Labute approximate surface area is 96.1 Å². The lowest BCUT2D eigenvalue weighted by Gasteiger charge is -2.18. The second-order valence-corrected chi connectivity index (χ2v) is 4.54. The van der Waals surface area contributed by atoms with Gasteiger partial charge in [0.25, 0.3) is 0 Å². The maximum absolute atomic E-state index is 5.57. The SMILES string of the molecule is NC(=S)CN1CCc2ccccc2CC1. The molecule has 1 aliphatic heterocycles. The first-order valence-corrected chi connectivity index (χ1v) is 5.74. The fraction of sp³-hybridized carbons (Fsp3) is 0.417. The quantitative estimate of drug-likeness (QED) is 0.763. The van der Waals surface area contributed by atoms with Crippen LogP contribution in [-0.4, -0.2) is 29.5 Å². The van der Waals surface area contributed by atoms with Crippen LogP contribution in [0.1, 0.15) is 11.1 Å². The molecule has 1 aromatic carbocycles. The molecular formula is C12H16N2S. The van der Waals surface area contributed by atoms with E-state index < -0.39 is 0 Å². The molecule has 0 aliphatic carbocycles. The van der Waals surface area contributed by atoms with Crippen LogP contribution in [0.25, 0.3) is 0 Å². The molecule has 0 amide bonds. The van der Waals surface area contributed by atoms with E-state index in [-0.39, 0.29) is 0 Å². The first-order chi connectivity index (χ1) is 7.25. The first kappa shape index (κ1) is 10.6. The highest BCUT2D eigenvalue weighted by Crippen LogP contribution is 2.15. The number of fused-ring (bicyclic) bond motifs is 1. The lowest BCUT2D eigenvalue weighted by atomic mass is 10.0. The molecule has 1 aliphatic rings. The van der Waals surface area contributed by atoms with Crippen molar-refractivity contribution in [3.05, 3.63) is 35.4 Å². The Hall–Kier alpha value is -0.930. The number of rotatable bonds is 2. The summed E-state index contributed by atoms with van der Waals surface area (Å²) in [6, 6.07) is 8.67. The van der Waals surface area contributed by atoms with E-state index >= 15 is 0 Å². The first-order valence-electron chi connectivity index (χ1n) is 5.33. The van der Waals surface area contributed by atoms with E-state index in [9.17, 15) is 0 Å². The van der Waals surface area contributed by atoms with Crippen molar-refractivity contribution >= 4 is 17.2 Å². The van der Waals surface area contributed by atoms with Gasteiger partial charge in [0, 0.05) is 19.6 Å². The molecule has 0 atom stereocenters. The zero-order valence-electron chi connectivity index (χ0n) is 8.78. The Kier molecular flexibility index (Phi) is 3.34. The van der Waals surface area contributed by atoms with Gasteiger partial charge in [-0.25, -0.2) is 0 Å². The van der Waals surface area contributed by atoms with Crippen LogP contribution in [0.4, 0.5) is 0 Å². The normalized spacial score (nSPS) is 16.8. The van der Waals surface area contributed by atoms with Gasteiger partial charge in [0.05, 0.1) is 4.99 Å². The van der Waals surface area contributed by atoms with Crippen molar-refractivity contribution in [1.82, 2.24) is 4.90 Å². The Morgan fingerprint density at radius 1 is 1.20 bits per heavy atom. The summed E-state index contributed by atoms with van der Waals surface area (Å²) >= 11 is 4.94. The van der Waals surface area contributed by atoms with Gasteiger partial charge in [0.1, 0.15) is 0 Å². The second kappa shape index (κ2) is 4.73. The lowest BCUT2D eigenvalue weighted by Crippen LogP contribution is -2.34. The Bertz CT molecular complexity index is 335. The number of benzene rings is 1. The summed E-state index contributed by atoms with van der Waals surface area (Å²) in [6.45, 7) is 2.88. The largest absolute Gasteiger partial charge is 0.392 e. The molecule has 2 rings (SSSR count). The molecule has 1 aromatic rings. The van der Waals surface area contributed by atoms with Crippen molar-refractivity contribution in [2.75, 3.05) is 19.6 Å². The highest BCUT2D eigenvalue weighted by Gasteiger charge is 2.13. The monoisotopic (exact) mass is 220 g/mol. The maximum atomic E-state index is 5.57. The van der Waals surface area contributed by atoms with Crippen LogP contribution in [0.2, 0.25) is 0 Å². The van der Waals surface area contributed by atoms with E-state index in [1.807, 2.05) is 0 Å². The van der Waals surface area contributed by atoms with Crippen LogP contribution >= 0.6 is 12.2 Å². The Morgan fingerprint density at radius 3 is 2.20 bits per heavy atom. The molecule has 1 heterocycles. The highest BCUT2D eigenvalue weighted by molar-refractivity contribution is 7.80. The van der Waals surface area contributed by atoms with Crippen LogP contribution in [0.5, 0.6) is 0 Å². The molecule has 2 N–H and O–H groups in total. The van der Waals surface area contributed by atoms with E-state index in [2.05, 4.69) is 29.2 Å². The van der Waals surface area contributed by atoms with Crippen LogP contribution in [-0.2, 0) is 12.8 Å². The summed E-state index contributed by atoms with van der Waals surface area (Å²) in [7, 11) is 0. The molecule has 80 valence electrons. The average molecular weight is 220 g/mol. The second-order valence-electron chi connectivity index (χ2n) is 4.01. The van der Waals surface area contributed by atoms with Crippen molar-refractivity contribution in [2.24, 2.45) is 5.73 Å². The summed E-state index contributed by atoms with van der Waals surface area (Å²) in [5, 5.41) is 0. The molecule has 0 radical (unpaired) electrons. The zero-order chi connectivity index (χ0) is 10.7. The van der Waals surface area contributed by atoms with Crippen molar-refractivity contribution in [1.29, 1.82) is 0 Å². The molecule has 3 heteroatoms. The predicted octanol–water partition coefficient (Wildman–Crippen LogP) is 1.37. The standard InChI is InChI=1S/C12H16N2S/c13-12(15)9-14-7-5-10-3-1-2-4-11(10)6-8-14/h1-4H,5-9H2,(H2,13,15). The summed E-state index contributed by atoms with van der Waals surface area (Å²) in [6.07, 6.45) is 2.22. The minimum atomic E-state index is 0.598. The summed E-state index contributed by atoms with van der Waals surface area (Å²) in [5.41, 5.74) is 8.52. The predicted molar refractivity (Wildman–Crippen MR) is 67.1 cm³/mol. The maximum Gasteiger partial charge on any atom is 0.0870 e. The van der Waals surface area contributed by atoms with E-state index in [1.54, 1.807) is 0 Å². The van der Waals surface area contributed by atoms with Gasteiger partial charge in [0.15, 0.2) is 0 Å². The van der Waals surface area contributed by atoms with Gasteiger partial charge < -0.3 is 5.73 Å². The summed E-state index contributed by atoms with van der Waals surface area (Å²) < 4.78 is 0. The van der Waals surface area contributed by atoms with Crippen molar-refractivity contribution in [2.45, 2.75) is 12.8 Å². The van der Waals surface area contributed by atoms with Crippen LogP contribution in [0.3, 0.4) is 0 Å². The molecule has 2 nitrogen and oxygen atoms in total. The van der Waals surface area contributed by atoms with Crippen LogP contribution in [0, 0.1) is 0 Å². The lowest BCUT2D eigenvalue weighted by molar-refractivity contribution is 0.328. The fourth-order valence-corrected chi connectivity index (χ4v) is 2.28. The van der Waals surface area contributed by atoms with E-state index in [0.717, 1.165) is 32.5 Å². The molecule has 0 saturated heterocycles. The zero-order valence-corrected chi connectivity index (χ0v) is 9.59. The minimum absolute atomic E-state index is 0.598. The average Bonchev–Trinajstić information content (AvgIpc) is 2.41. The van der Waals surface area contributed by atoms with Gasteiger partial charge in [-0.3, -0.25) is 4.90 Å². The van der Waals surface area contributed by atoms with Gasteiger partial charge in [-0.1, -0.05) is 36.5 Å². The van der Waals surface area contributed by atoms with E-state index in [4.69, 9.17) is 18.0 Å². The Balaban J connectivity index is 2.05. The van der Waals surface area contributed by atoms with Gasteiger partial charge in [-0.15, -0.1) is 0 Å². The number of nitrogens with zero attached hydrogens (tertiary/aromatic N) is 1. The fourth-order valence-electron chi connectivity index (χ4n) is 2.09. The van der Waals surface area contributed by atoms with Gasteiger partial charge >= 0.3 is 0 Å². The van der Waals surface area contributed by atoms with Gasteiger partial charge in [-0.05, 0) is 24.0 Å². The molecule has 15 heavy (non-hydrogen) atoms. The molecule has 0 unspecified atom stereocenters. The third-order valence-electron chi connectivity index (χ3n) is 2.89. The molecular weight excluding hydrogens is 204 g/mol. The summed E-state index contributed by atoms with van der Waals surface area (Å²) in [4.78, 5) is 2.93. The third kappa shape index (κ3) is 2.76. The Morgan fingerprint density at radius 2 is 1.73 bits per heavy atom. The highest BCUT2D eigenvalue weighted by atomic mass is 32.1. The molecule has 0 aromatic heterocycles. The molecule has 0 saturated carbocycles. The topological polar surface area (TPSA) is 29.3 Å². The minimum Gasteiger partial charge on any atom is -0.392 e. The smallest absolute Gasteiger partial charge is 0.0870 e. The van der Waals surface area contributed by atoms with E-state index in [0.29, 0.717) is 4.99 Å². The van der Waals surface area contributed by atoms with E-state index in [1.165, 1.54) is 11.1 Å². The van der Waals surface area contributed by atoms with Crippen molar-refractivity contribution in [3.8, 4) is 0 Å². The van der Waals surface area contributed by atoms with Crippen LogP contribution < -0.4 is 5.73 Å². The molecule has 0 bridgehead atoms. The van der Waals surface area contributed by atoms with Crippen molar-refractivity contribution < 1.29 is 0 Å². The third-order valence-corrected chi connectivity index (χ3v) is 3.02. The number of hydrogen-bond acceptors (Lipinski definition) is 2. The number of thiocarbonyl (C=S) groups is 1. The number of hydrogen-bond donors (Lipinski definition) is 1. The summed E-state index contributed by atoms with van der Waals surface area (Å²) in [5.74, 6) is 0.